The second-order valence-electron chi connectivity index (χ2n) is 6.46. The largest absolute Gasteiger partial charge is 0.368 e. The maximum Gasteiger partial charge on any atom is 0.232 e. The summed E-state index contributed by atoms with van der Waals surface area (Å²) in [5, 5.41) is 10.9. The van der Waals surface area contributed by atoms with E-state index in [0.29, 0.717) is 16.9 Å². The Morgan fingerprint density at radius 3 is 2.48 bits per heavy atom. The number of aryl methyl sites for hydroxylation is 1. The minimum atomic E-state index is -0.113. The van der Waals surface area contributed by atoms with Gasteiger partial charge in [-0.15, -0.1) is 5.10 Å². The van der Waals surface area contributed by atoms with E-state index in [1.807, 2.05) is 61.5 Å². The predicted molar refractivity (Wildman–Crippen MR) is 115 cm³/mol. The van der Waals surface area contributed by atoms with Crippen LogP contribution in [0.5, 0.6) is 0 Å². The van der Waals surface area contributed by atoms with E-state index >= 15 is 0 Å². The van der Waals surface area contributed by atoms with E-state index in [0.717, 1.165) is 17.1 Å². The average Bonchev–Trinajstić information content (AvgIpc) is 3.17. The van der Waals surface area contributed by atoms with Gasteiger partial charge in [-0.2, -0.15) is 15.0 Å². The van der Waals surface area contributed by atoms with Gasteiger partial charge in [0, 0.05) is 11.3 Å². The van der Waals surface area contributed by atoms with Gasteiger partial charge in [0.05, 0.1) is 5.25 Å². The molecule has 0 fully saturated rings. The normalized spacial score (nSPS) is 11.9. The number of aromatic nitrogens is 6. The fraction of sp³-hybridized carbons (Fsp3) is 0.150. The Morgan fingerprint density at radius 2 is 1.72 bits per heavy atom. The fourth-order valence-corrected chi connectivity index (χ4v) is 3.42. The highest BCUT2D eigenvalue weighted by Crippen LogP contribution is 2.32. The highest BCUT2D eigenvalue weighted by atomic mass is 32.2. The molecule has 0 aliphatic carbocycles. The van der Waals surface area contributed by atoms with Crippen LogP contribution in [0.2, 0.25) is 0 Å². The van der Waals surface area contributed by atoms with Crippen LogP contribution < -0.4 is 11.1 Å². The summed E-state index contributed by atoms with van der Waals surface area (Å²) in [5.41, 5.74) is 8.95. The third-order valence-electron chi connectivity index (χ3n) is 4.14. The highest BCUT2D eigenvalue weighted by Gasteiger charge is 2.17. The topological polar surface area (TPSA) is 118 Å². The highest BCUT2D eigenvalue weighted by molar-refractivity contribution is 7.99. The molecule has 0 bridgehead atoms. The summed E-state index contributed by atoms with van der Waals surface area (Å²) >= 11 is 1.45. The van der Waals surface area contributed by atoms with Crippen molar-refractivity contribution in [2.45, 2.75) is 24.3 Å². The van der Waals surface area contributed by atoms with Gasteiger partial charge in [-0.3, -0.25) is 5.10 Å². The Bertz CT molecular complexity index is 1100. The van der Waals surface area contributed by atoms with E-state index < -0.39 is 0 Å². The molecular weight excluding hydrogens is 384 g/mol. The van der Waals surface area contributed by atoms with Gasteiger partial charge in [-0.05, 0) is 26.0 Å². The van der Waals surface area contributed by atoms with Crippen LogP contribution in [0.1, 0.15) is 23.6 Å². The molecule has 4 N–H and O–H groups in total. The number of rotatable bonds is 6. The van der Waals surface area contributed by atoms with E-state index in [1.165, 1.54) is 17.3 Å². The number of benzene rings is 2. The van der Waals surface area contributed by atoms with Crippen LogP contribution in [0.15, 0.2) is 59.8 Å². The number of anilines is 3. The van der Waals surface area contributed by atoms with E-state index in [-0.39, 0.29) is 11.2 Å². The number of nitrogens with zero attached hydrogens (tertiary/aromatic N) is 5. The smallest absolute Gasteiger partial charge is 0.232 e. The molecule has 0 aliphatic heterocycles. The number of nitrogens with one attached hydrogen (secondary N) is 2. The fourth-order valence-electron chi connectivity index (χ4n) is 2.65. The van der Waals surface area contributed by atoms with Gasteiger partial charge in [-0.1, -0.05) is 59.8 Å². The van der Waals surface area contributed by atoms with Gasteiger partial charge in [-0.25, -0.2) is 4.98 Å². The minimum absolute atomic E-state index is 0.113. The zero-order valence-electron chi connectivity index (χ0n) is 16.0. The lowest BCUT2D eigenvalue weighted by molar-refractivity contribution is 0.884. The van der Waals surface area contributed by atoms with Crippen molar-refractivity contribution in [3.8, 4) is 11.4 Å². The minimum Gasteiger partial charge on any atom is -0.368 e. The number of H-pyrrole nitrogens is 1. The van der Waals surface area contributed by atoms with Gasteiger partial charge in [0.25, 0.3) is 0 Å². The van der Waals surface area contributed by atoms with Crippen LogP contribution in [-0.2, 0) is 0 Å². The second kappa shape index (κ2) is 8.27. The van der Waals surface area contributed by atoms with Crippen molar-refractivity contribution >= 4 is 29.3 Å². The first-order valence-electron chi connectivity index (χ1n) is 9.06. The van der Waals surface area contributed by atoms with Crippen LogP contribution in [0, 0.1) is 6.92 Å². The second-order valence-corrected chi connectivity index (χ2v) is 7.77. The monoisotopic (exact) mass is 404 g/mol. The Kier molecular flexibility index (Phi) is 5.39. The maximum absolute atomic E-state index is 5.89. The van der Waals surface area contributed by atoms with Crippen molar-refractivity contribution < 1.29 is 0 Å². The van der Waals surface area contributed by atoms with Gasteiger partial charge < -0.3 is 11.1 Å². The molecule has 4 rings (SSSR count). The predicted octanol–water partition coefficient (Wildman–Crippen LogP) is 4.14. The van der Waals surface area contributed by atoms with Gasteiger partial charge in [0.15, 0.2) is 5.82 Å². The Hall–Kier alpha value is -3.46. The number of nitrogens with two attached hydrogens (primary N) is 1. The molecule has 2 heterocycles. The summed E-state index contributed by atoms with van der Waals surface area (Å²) in [6, 6.07) is 17.8. The van der Waals surface area contributed by atoms with Crippen LogP contribution >= 0.6 is 11.8 Å². The molecule has 0 amide bonds. The molecule has 4 aromatic rings. The number of hydrogen-bond acceptors (Lipinski definition) is 8. The lowest BCUT2D eigenvalue weighted by atomic mass is 10.1. The molecule has 0 saturated heterocycles. The van der Waals surface area contributed by atoms with E-state index in [4.69, 9.17) is 5.73 Å². The molecular formula is C20H20N8S. The molecule has 0 radical (unpaired) electrons. The van der Waals surface area contributed by atoms with Crippen LogP contribution in [0.4, 0.5) is 17.6 Å². The average molecular weight is 405 g/mol. The molecule has 2 aromatic heterocycles. The van der Waals surface area contributed by atoms with Gasteiger partial charge >= 0.3 is 0 Å². The first kappa shape index (κ1) is 18.9. The third-order valence-corrected chi connectivity index (χ3v) is 5.09. The summed E-state index contributed by atoms with van der Waals surface area (Å²) in [7, 11) is 0. The summed E-state index contributed by atoms with van der Waals surface area (Å²) in [4.78, 5) is 17.5. The summed E-state index contributed by atoms with van der Waals surface area (Å²) in [6.45, 7) is 4.03. The molecule has 2 aromatic carbocycles. The molecule has 1 atom stereocenters. The summed E-state index contributed by atoms with van der Waals surface area (Å²) < 4.78 is 0. The van der Waals surface area contributed by atoms with Crippen molar-refractivity contribution in [2.24, 2.45) is 0 Å². The quantitative estimate of drug-likeness (QED) is 0.410. The SMILES string of the molecule is Cc1ccc(-c2nc(SC(C)c3nc(N)nc(Nc4ccccc4)n3)n[nH]2)cc1. The number of nitrogen functional groups attached to an aromatic ring is 1. The molecule has 1 unspecified atom stereocenters. The molecule has 0 aliphatic rings. The van der Waals surface area contributed by atoms with Crippen molar-refractivity contribution in [3.05, 3.63) is 66.0 Å². The Morgan fingerprint density at radius 1 is 0.966 bits per heavy atom. The van der Waals surface area contributed by atoms with E-state index in [2.05, 4.69) is 42.4 Å². The van der Waals surface area contributed by atoms with E-state index in [1.54, 1.807) is 0 Å². The van der Waals surface area contributed by atoms with Gasteiger partial charge in [0.2, 0.25) is 17.1 Å². The number of aromatic amines is 1. The van der Waals surface area contributed by atoms with Crippen molar-refractivity contribution in [2.75, 3.05) is 11.1 Å². The standard InChI is InChI=1S/C20H20N8S/c1-12-8-10-14(11-9-12)17-25-20(28-27-17)29-13(2)16-23-18(21)26-19(24-16)22-15-6-4-3-5-7-15/h3-11,13H,1-2H3,(H,25,27,28)(H3,21,22,23,24,26). The van der Waals surface area contributed by atoms with Crippen molar-refractivity contribution in [1.82, 2.24) is 30.1 Å². The number of thioether (sulfide) groups is 1. The molecule has 8 nitrogen and oxygen atoms in total. The van der Waals surface area contributed by atoms with Gasteiger partial charge in [0.1, 0.15) is 5.82 Å². The molecule has 9 heteroatoms. The molecule has 29 heavy (non-hydrogen) atoms. The Balaban J connectivity index is 1.50. The third kappa shape index (κ3) is 4.69. The molecule has 0 spiro atoms. The zero-order chi connectivity index (χ0) is 20.2. The summed E-state index contributed by atoms with van der Waals surface area (Å²) in [6.07, 6.45) is 0. The zero-order valence-corrected chi connectivity index (χ0v) is 16.8. The maximum atomic E-state index is 5.89. The van der Waals surface area contributed by atoms with Crippen LogP contribution in [-0.4, -0.2) is 30.1 Å². The van der Waals surface area contributed by atoms with Crippen molar-refractivity contribution in [3.63, 3.8) is 0 Å². The summed E-state index contributed by atoms with van der Waals surface area (Å²) in [5.74, 6) is 1.85. The van der Waals surface area contributed by atoms with Crippen molar-refractivity contribution in [1.29, 1.82) is 0 Å². The molecule has 146 valence electrons. The van der Waals surface area contributed by atoms with Crippen LogP contribution in [0.3, 0.4) is 0 Å². The lowest BCUT2D eigenvalue weighted by Gasteiger charge is -2.10. The van der Waals surface area contributed by atoms with E-state index in [9.17, 15) is 0 Å². The molecule has 0 saturated carbocycles. The first-order chi connectivity index (χ1) is 14.1. The first-order valence-corrected chi connectivity index (χ1v) is 9.94. The number of hydrogen-bond donors (Lipinski definition) is 3. The lowest BCUT2D eigenvalue weighted by Crippen LogP contribution is -2.08. The Labute approximate surface area is 172 Å². The number of para-hydroxylation sites is 1. The van der Waals surface area contributed by atoms with Crippen LogP contribution in [0.25, 0.3) is 11.4 Å².